The summed E-state index contributed by atoms with van der Waals surface area (Å²) in [6, 6.07) is 13.1. The molecule has 2 amide bonds. The molecule has 38 heavy (non-hydrogen) atoms. The normalized spacial score (nSPS) is 10.8. The lowest BCUT2D eigenvalue weighted by Crippen LogP contribution is -2.25. The molecule has 0 aliphatic carbocycles. The molecule has 0 fully saturated rings. The first-order valence-electron chi connectivity index (χ1n) is 12.2. The molecule has 4 aromatic rings. The van der Waals surface area contributed by atoms with Crippen LogP contribution < -0.4 is 16.2 Å². The van der Waals surface area contributed by atoms with Crippen LogP contribution in [0.25, 0.3) is 4.96 Å². The van der Waals surface area contributed by atoms with E-state index in [0.29, 0.717) is 29.1 Å². The minimum atomic E-state index is -0.602. The van der Waals surface area contributed by atoms with Crippen LogP contribution in [0.3, 0.4) is 0 Å². The SMILES string of the molecule is CCCc1cc(=O)n2c(C(=O)Nc3ccc(C)c(C)c3)c(C(=O)Nc3ccc(C(=O)OCC)cc3)sc2n1. The first-order chi connectivity index (χ1) is 18.2. The van der Waals surface area contributed by atoms with Gasteiger partial charge in [0.15, 0.2) is 4.96 Å². The highest BCUT2D eigenvalue weighted by Crippen LogP contribution is 2.25. The van der Waals surface area contributed by atoms with Crippen LogP contribution in [0.15, 0.2) is 53.3 Å². The molecule has 0 aliphatic rings. The van der Waals surface area contributed by atoms with Gasteiger partial charge in [0.25, 0.3) is 17.4 Å². The molecular formula is C28H28N4O5S. The Morgan fingerprint density at radius 2 is 1.61 bits per heavy atom. The number of carbonyl (C=O) groups excluding carboxylic acids is 3. The summed E-state index contributed by atoms with van der Waals surface area (Å²) >= 11 is 0.969. The summed E-state index contributed by atoms with van der Waals surface area (Å²) in [4.78, 5) is 56.7. The van der Waals surface area contributed by atoms with Gasteiger partial charge in [-0.3, -0.25) is 14.4 Å². The quantitative estimate of drug-likeness (QED) is 0.308. The van der Waals surface area contributed by atoms with Crippen LogP contribution in [-0.2, 0) is 11.2 Å². The van der Waals surface area contributed by atoms with E-state index < -0.39 is 23.3 Å². The van der Waals surface area contributed by atoms with Crippen LogP contribution in [0, 0.1) is 13.8 Å². The fourth-order valence-corrected chi connectivity index (χ4v) is 4.91. The fourth-order valence-electron chi connectivity index (χ4n) is 3.87. The van der Waals surface area contributed by atoms with Crippen molar-refractivity contribution >= 4 is 45.5 Å². The maximum absolute atomic E-state index is 13.5. The van der Waals surface area contributed by atoms with E-state index in [1.807, 2.05) is 32.9 Å². The van der Waals surface area contributed by atoms with Crippen molar-refractivity contribution in [3.8, 4) is 0 Å². The molecular weight excluding hydrogens is 504 g/mol. The summed E-state index contributed by atoms with van der Waals surface area (Å²) < 4.78 is 6.17. The number of carbonyl (C=O) groups is 3. The number of hydrogen-bond donors (Lipinski definition) is 2. The van der Waals surface area contributed by atoms with Gasteiger partial charge in [-0.25, -0.2) is 14.2 Å². The molecule has 10 heteroatoms. The molecule has 0 spiro atoms. The molecule has 9 nitrogen and oxygen atoms in total. The molecule has 2 heterocycles. The summed E-state index contributed by atoms with van der Waals surface area (Å²) in [7, 11) is 0. The highest BCUT2D eigenvalue weighted by atomic mass is 32.1. The van der Waals surface area contributed by atoms with Gasteiger partial charge in [-0.15, -0.1) is 0 Å². The molecule has 0 bridgehead atoms. The third kappa shape index (κ3) is 5.65. The molecule has 0 saturated carbocycles. The smallest absolute Gasteiger partial charge is 0.338 e. The van der Waals surface area contributed by atoms with E-state index in [4.69, 9.17) is 4.74 Å². The van der Waals surface area contributed by atoms with Crippen molar-refractivity contribution in [3.05, 3.63) is 91.8 Å². The van der Waals surface area contributed by atoms with Crippen molar-refractivity contribution < 1.29 is 19.1 Å². The van der Waals surface area contributed by atoms with Crippen molar-refractivity contribution in [3.63, 3.8) is 0 Å². The molecule has 2 aromatic carbocycles. The van der Waals surface area contributed by atoms with Crippen LogP contribution in [0.5, 0.6) is 0 Å². The molecule has 4 rings (SSSR count). The lowest BCUT2D eigenvalue weighted by Gasteiger charge is -2.10. The zero-order chi connectivity index (χ0) is 27.4. The van der Waals surface area contributed by atoms with E-state index in [9.17, 15) is 19.2 Å². The number of fused-ring (bicyclic) bond motifs is 1. The maximum atomic E-state index is 13.5. The van der Waals surface area contributed by atoms with Crippen molar-refractivity contribution in [2.24, 2.45) is 0 Å². The van der Waals surface area contributed by atoms with Gasteiger partial charge in [0.05, 0.1) is 12.2 Å². The Morgan fingerprint density at radius 3 is 2.26 bits per heavy atom. The van der Waals surface area contributed by atoms with Crippen molar-refractivity contribution in [2.75, 3.05) is 17.2 Å². The second-order valence-corrected chi connectivity index (χ2v) is 9.72. The summed E-state index contributed by atoms with van der Waals surface area (Å²) in [6.45, 7) is 7.85. The van der Waals surface area contributed by atoms with E-state index in [1.54, 1.807) is 25.1 Å². The Bertz CT molecular complexity index is 1590. The second kappa shape index (κ2) is 11.4. The van der Waals surface area contributed by atoms with Gasteiger partial charge in [0.1, 0.15) is 10.6 Å². The van der Waals surface area contributed by atoms with E-state index in [0.717, 1.165) is 28.9 Å². The van der Waals surface area contributed by atoms with E-state index in [2.05, 4.69) is 15.6 Å². The number of hydrogen-bond acceptors (Lipinski definition) is 7. The molecule has 0 saturated heterocycles. The summed E-state index contributed by atoms with van der Waals surface area (Å²) in [6.07, 6.45) is 1.39. The first kappa shape index (κ1) is 26.7. The van der Waals surface area contributed by atoms with E-state index in [1.165, 1.54) is 22.6 Å². The van der Waals surface area contributed by atoms with Crippen molar-refractivity contribution in [1.29, 1.82) is 0 Å². The van der Waals surface area contributed by atoms with Gasteiger partial charge in [-0.2, -0.15) is 0 Å². The van der Waals surface area contributed by atoms with E-state index in [-0.39, 0.29) is 22.1 Å². The molecule has 0 radical (unpaired) electrons. The Balaban J connectivity index is 1.73. The molecule has 0 unspecified atom stereocenters. The minimum absolute atomic E-state index is 0.0408. The Morgan fingerprint density at radius 1 is 0.921 bits per heavy atom. The lowest BCUT2D eigenvalue weighted by atomic mass is 10.1. The number of anilines is 2. The zero-order valence-corrected chi connectivity index (χ0v) is 22.4. The van der Waals surface area contributed by atoms with Crippen LogP contribution in [-0.4, -0.2) is 33.8 Å². The number of nitrogens with one attached hydrogen (secondary N) is 2. The molecule has 0 aliphatic heterocycles. The topological polar surface area (TPSA) is 119 Å². The Kier molecular flexibility index (Phi) is 8.02. The Labute approximate surface area is 223 Å². The van der Waals surface area contributed by atoms with Crippen molar-refractivity contribution in [1.82, 2.24) is 9.38 Å². The Hall–Kier alpha value is -4.31. The largest absolute Gasteiger partial charge is 0.462 e. The number of benzene rings is 2. The number of aromatic nitrogens is 2. The standard InChI is InChI=1S/C28H28N4O5S/c1-5-7-20-15-22(33)32-23(25(34)30-21-11-8-16(3)17(4)14-21)24(38-28(32)31-20)26(35)29-19-12-9-18(10-13-19)27(36)37-6-2/h8-15H,5-7H2,1-4H3,(H,29,35)(H,30,34). The fraction of sp³-hybridized carbons (Fsp3) is 0.250. The number of nitrogens with zero attached hydrogens (tertiary/aromatic N) is 2. The highest BCUT2D eigenvalue weighted by molar-refractivity contribution is 7.19. The number of aryl methyl sites for hydroxylation is 3. The number of esters is 1. The zero-order valence-electron chi connectivity index (χ0n) is 21.6. The molecule has 0 atom stereocenters. The number of rotatable bonds is 8. The van der Waals surface area contributed by atoms with Gasteiger partial charge in [0, 0.05) is 23.1 Å². The third-order valence-electron chi connectivity index (χ3n) is 5.92. The average molecular weight is 533 g/mol. The number of thiazole rings is 1. The van der Waals surface area contributed by atoms with Crippen LogP contribution in [0.1, 0.15) is 67.6 Å². The third-order valence-corrected chi connectivity index (χ3v) is 6.96. The number of ether oxygens (including phenoxy) is 1. The lowest BCUT2D eigenvalue weighted by molar-refractivity contribution is 0.0526. The van der Waals surface area contributed by atoms with Gasteiger partial charge in [-0.05, 0) is 74.7 Å². The van der Waals surface area contributed by atoms with Gasteiger partial charge < -0.3 is 15.4 Å². The average Bonchev–Trinajstić information content (AvgIpc) is 3.27. The minimum Gasteiger partial charge on any atom is -0.462 e. The van der Waals surface area contributed by atoms with Crippen LogP contribution in [0.4, 0.5) is 11.4 Å². The number of amides is 2. The van der Waals surface area contributed by atoms with Crippen molar-refractivity contribution in [2.45, 2.75) is 40.5 Å². The van der Waals surface area contributed by atoms with Crippen LogP contribution in [0.2, 0.25) is 0 Å². The first-order valence-corrected chi connectivity index (χ1v) is 13.1. The predicted octanol–water partition coefficient (Wildman–Crippen LogP) is 5.01. The monoisotopic (exact) mass is 532 g/mol. The molecule has 196 valence electrons. The van der Waals surface area contributed by atoms with Gasteiger partial charge in [0.2, 0.25) is 0 Å². The second-order valence-electron chi connectivity index (χ2n) is 8.74. The maximum Gasteiger partial charge on any atom is 0.338 e. The van der Waals surface area contributed by atoms with E-state index >= 15 is 0 Å². The summed E-state index contributed by atoms with van der Waals surface area (Å²) in [5.41, 5.74) is 3.44. The molecule has 2 N–H and O–H groups in total. The summed E-state index contributed by atoms with van der Waals surface area (Å²) in [5, 5.41) is 5.56. The molecule has 2 aromatic heterocycles. The highest BCUT2D eigenvalue weighted by Gasteiger charge is 2.26. The predicted molar refractivity (Wildman–Crippen MR) is 148 cm³/mol. The van der Waals surface area contributed by atoms with Gasteiger partial charge >= 0.3 is 5.97 Å². The van der Waals surface area contributed by atoms with Crippen LogP contribution >= 0.6 is 11.3 Å². The van der Waals surface area contributed by atoms with Gasteiger partial charge in [-0.1, -0.05) is 30.7 Å². The summed E-state index contributed by atoms with van der Waals surface area (Å²) in [5.74, 6) is -1.64.